The van der Waals surface area contributed by atoms with Gasteiger partial charge in [0, 0.05) is 6.07 Å². The highest BCUT2D eigenvalue weighted by Gasteiger charge is 2.23. The number of benzene rings is 1. The summed E-state index contributed by atoms with van der Waals surface area (Å²) in [6.45, 7) is 1.95. The van der Waals surface area contributed by atoms with Crippen LogP contribution in [0.3, 0.4) is 0 Å². The predicted octanol–water partition coefficient (Wildman–Crippen LogP) is 3.26. The van der Waals surface area contributed by atoms with Crippen LogP contribution in [0.4, 0.5) is 5.69 Å². The van der Waals surface area contributed by atoms with Crippen LogP contribution in [0.2, 0.25) is 5.02 Å². The number of nitrogens with one attached hydrogen (secondary N) is 1. The topological polar surface area (TPSA) is 85.3 Å². The highest BCUT2D eigenvalue weighted by molar-refractivity contribution is 9.10. The highest BCUT2D eigenvalue weighted by Crippen LogP contribution is 2.30. The van der Waals surface area contributed by atoms with E-state index in [1.54, 1.807) is 18.2 Å². The molecule has 0 atom stereocenters. The highest BCUT2D eigenvalue weighted by atomic mass is 79.9. The van der Waals surface area contributed by atoms with Crippen molar-refractivity contribution in [1.29, 1.82) is 0 Å². The standard InChI is InChI=1S/C12H12BrClN2O3S/c1-7-2-3-9(14)10(4-7)16-20(17,18)11-5-8(6-15)19-12(11)13/h2-5,16H,6,15H2,1H3. The van der Waals surface area contributed by atoms with Gasteiger partial charge in [-0.05, 0) is 40.5 Å². The van der Waals surface area contributed by atoms with Crippen LogP contribution in [-0.2, 0) is 16.6 Å². The van der Waals surface area contributed by atoms with Crippen LogP contribution in [0, 0.1) is 6.92 Å². The average molecular weight is 380 g/mol. The van der Waals surface area contributed by atoms with Crippen molar-refractivity contribution in [2.45, 2.75) is 18.4 Å². The van der Waals surface area contributed by atoms with E-state index in [1.165, 1.54) is 6.07 Å². The van der Waals surface area contributed by atoms with Gasteiger partial charge in [0.25, 0.3) is 10.0 Å². The van der Waals surface area contributed by atoms with Crippen molar-refractivity contribution in [1.82, 2.24) is 0 Å². The molecular formula is C12H12BrClN2O3S. The molecule has 0 saturated heterocycles. The van der Waals surface area contributed by atoms with Gasteiger partial charge in [-0.15, -0.1) is 0 Å². The second kappa shape index (κ2) is 5.77. The molecule has 0 saturated carbocycles. The van der Waals surface area contributed by atoms with E-state index in [-0.39, 0.29) is 16.1 Å². The van der Waals surface area contributed by atoms with Gasteiger partial charge < -0.3 is 10.2 Å². The van der Waals surface area contributed by atoms with E-state index >= 15 is 0 Å². The number of furan rings is 1. The van der Waals surface area contributed by atoms with Crippen LogP contribution in [0.15, 0.2) is 38.2 Å². The number of halogens is 2. The quantitative estimate of drug-likeness (QED) is 0.854. The van der Waals surface area contributed by atoms with Gasteiger partial charge in [-0.25, -0.2) is 8.42 Å². The molecule has 20 heavy (non-hydrogen) atoms. The first-order valence-electron chi connectivity index (χ1n) is 5.60. The molecule has 0 radical (unpaired) electrons. The molecule has 1 aromatic heterocycles. The maximum atomic E-state index is 12.3. The summed E-state index contributed by atoms with van der Waals surface area (Å²) in [6, 6.07) is 6.44. The maximum absolute atomic E-state index is 12.3. The number of hydrogen-bond acceptors (Lipinski definition) is 4. The second-order valence-electron chi connectivity index (χ2n) is 4.14. The Morgan fingerprint density at radius 3 is 2.70 bits per heavy atom. The summed E-state index contributed by atoms with van der Waals surface area (Å²) in [5, 5.41) is 0.317. The van der Waals surface area contributed by atoms with Crippen molar-refractivity contribution in [3.63, 3.8) is 0 Å². The lowest BCUT2D eigenvalue weighted by molar-refractivity contribution is 0.484. The Morgan fingerprint density at radius 2 is 2.10 bits per heavy atom. The zero-order valence-corrected chi connectivity index (χ0v) is 13.6. The normalized spacial score (nSPS) is 11.6. The van der Waals surface area contributed by atoms with Crippen LogP contribution < -0.4 is 10.5 Å². The number of rotatable bonds is 4. The molecule has 8 heteroatoms. The summed E-state index contributed by atoms with van der Waals surface area (Å²) in [7, 11) is -3.80. The number of sulfonamides is 1. The van der Waals surface area contributed by atoms with Crippen molar-refractivity contribution in [3.05, 3.63) is 45.3 Å². The summed E-state index contributed by atoms with van der Waals surface area (Å²) in [4.78, 5) is -0.0180. The summed E-state index contributed by atoms with van der Waals surface area (Å²) in [5.74, 6) is 0.368. The van der Waals surface area contributed by atoms with Gasteiger partial charge in [0.15, 0.2) is 4.67 Å². The average Bonchev–Trinajstić information content (AvgIpc) is 2.76. The molecule has 0 aliphatic carbocycles. The molecule has 5 nitrogen and oxygen atoms in total. The summed E-state index contributed by atoms with van der Waals surface area (Å²) < 4.78 is 32.3. The molecule has 0 bridgehead atoms. The zero-order chi connectivity index (χ0) is 14.9. The van der Waals surface area contributed by atoms with Crippen LogP contribution in [0.5, 0.6) is 0 Å². The Bertz CT molecular complexity index is 743. The smallest absolute Gasteiger partial charge is 0.266 e. The van der Waals surface area contributed by atoms with Crippen LogP contribution >= 0.6 is 27.5 Å². The molecule has 0 fully saturated rings. The monoisotopic (exact) mass is 378 g/mol. The molecule has 2 rings (SSSR count). The van der Waals surface area contributed by atoms with Crippen molar-refractivity contribution in [2.24, 2.45) is 5.73 Å². The lowest BCUT2D eigenvalue weighted by atomic mass is 10.2. The molecule has 0 aliphatic heterocycles. The van der Waals surface area contributed by atoms with Gasteiger partial charge in [-0.3, -0.25) is 4.72 Å². The van der Waals surface area contributed by atoms with Gasteiger partial charge in [-0.2, -0.15) is 0 Å². The lowest BCUT2D eigenvalue weighted by Gasteiger charge is -2.09. The van der Waals surface area contributed by atoms with Gasteiger partial charge in [-0.1, -0.05) is 17.7 Å². The van der Waals surface area contributed by atoms with Crippen molar-refractivity contribution < 1.29 is 12.8 Å². The Hall–Kier alpha value is -1.02. The minimum Gasteiger partial charge on any atom is -0.452 e. The third kappa shape index (κ3) is 3.17. The van der Waals surface area contributed by atoms with Crippen LogP contribution in [0.25, 0.3) is 0 Å². The largest absolute Gasteiger partial charge is 0.452 e. The number of anilines is 1. The molecule has 1 aromatic carbocycles. The maximum Gasteiger partial charge on any atom is 0.266 e. The van der Waals surface area contributed by atoms with Gasteiger partial charge >= 0.3 is 0 Å². The van der Waals surface area contributed by atoms with Gasteiger partial charge in [0.2, 0.25) is 0 Å². The first kappa shape index (κ1) is 15.4. The Balaban J connectivity index is 2.40. The molecule has 108 valence electrons. The molecular weight excluding hydrogens is 368 g/mol. The van der Waals surface area contributed by atoms with E-state index in [0.717, 1.165) is 5.56 Å². The van der Waals surface area contributed by atoms with Gasteiger partial charge in [0.05, 0.1) is 17.3 Å². The van der Waals surface area contributed by atoms with Crippen LogP contribution in [0.1, 0.15) is 11.3 Å². The number of nitrogens with two attached hydrogens (primary N) is 1. The molecule has 0 aliphatic rings. The fraction of sp³-hybridized carbons (Fsp3) is 0.167. The zero-order valence-electron chi connectivity index (χ0n) is 10.5. The minimum absolute atomic E-state index is 0.0180. The summed E-state index contributed by atoms with van der Waals surface area (Å²) in [5.41, 5.74) is 6.62. The van der Waals surface area contributed by atoms with E-state index in [4.69, 9.17) is 21.8 Å². The SMILES string of the molecule is Cc1ccc(Cl)c(NS(=O)(=O)c2cc(CN)oc2Br)c1. The fourth-order valence-electron chi connectivity index (χ4n) is 1.60. The number of aryl methyl sites for hydroxylation is 1. The third-order valence-electron chi connectivity index (χ3n) is 2.56. The summed E-state index contributed by atoms with van der Waals surface area (Å²) >= 11 is 9.05. The van der Waals surface area contributed by atoms with Crippen molar-refractivity contribution in [2.75, 3.05) is 4.72 Å². The first-order chi connectivity index (χ1) is 9.33. The van der Waals surface area contributed by atoms with E-state index in [1.807, 2.05) is 6.92 Å². The first-order valence-corrected chi connectivity index (χ1v) is 8.26. The van der Waals surface area contributed by atoms with Crippen LogP contribution in [-0.4, -0.2) is 8.42 Å². The molecule has 0 unspecified atom stereocenters. The van der Waals surface area contributed by atoms with E-state index in [9.17, 15) is 8.42 Å². The Morgan fingerprint density at radius 1 is 1.40 bits per heavy atom. The van der Waals surface area contributed by atoms with Crippen molar-refractivity contribution >= 4 is 43.2 Å². The van der Waals surface area contributed by atoms with E-state index in [0.29, 0.717) is 16.5 Å². The lowest BCUT2D eigenvalue weighted by Crippen LogP contribution is -2.13. The fourth-order valence-corrected chi connectivity index (χ4v) is 3.89. The van der Waals surface area contributed by atoms with Crippen molar-refractivity contribution in [3.8, 4) is 0 Å². The molecule has 0 spiro atoms. The Kier molecular flexibility index (Phi) is 4.43. The Labute approximate surface area is 130 Å². The predicted molar refractivity (Wildman–Crippen MR) is 81.3 cm³/mol. The van der Waals surface area contributed by atoms with E-state index in [2.05, 4.69) is 20.7 Å². The van der Waals surface area contributed by atoms with Gasteiger partial charge in [0.1, 0.15) is 10.7 Å². The third-order valence-corrected chi connectivity index (χ3v) is 5.12. The second-order valence-corrected chi connectivity index (χ2v) is 6.92. The summed E-state index contributed by atoms with van der Waals surface area (Å²) in [6.07, 6.45) is 0. The molecule has 2 aromatic rings. The molecule has 3 N–H and O–H groups in total. The number of hydrogen-bond donors (Lipinski definition) is 2. The van der Waals surface area contributed by atoms with E-state index < -0.39 is 10.0 Å². The minimum atomic E-state index is -3.80. The molecule has 1 heterocycles. The molecule has 0 amide bonds.